The predicted octanol–water partition coefficient (Wildman–Crippen LogP) is 1.60. The van der Waals surface area contributed by atoms with Gasteiger partial charge in [-0.15, -0.1) is 11.3 Å². The molecule has 0 radical (unpaired) electrons. The van der Waals surface area contributed by atoms with Crippen molar-refractivity contribution in [3.63, 3.8) is 0 Å². The largest absolute Gasteiger partial charge is 0.465 e. The lowest BCUT2D eigenvalue weighted by Gasteiger charge is -2.16. The number of rotatable bonds is 2. The average molecular weight is 261 g/mol. The number of carbonyl (C=O) groups excluding carboxylic acids is 1. The molecule has 7 heteroatoms. The van der Waals surface area contributed by atoms with Crippen LogP contribution in [-0.2, 0) is 4.79 Å². The third-order valence-corrected chi connectivity index (χ3v) is 3.65. The topological polar surface area (TPSA) is 78.4 Å². The van der Waals surface area contributed by atoms with Crippen LogP contribution in [0.3, 0.4) is 0 Å². The monoisotopic (exact) mass is 260 g/mol. The van der Waals surface area contributed by atoms with E-state index in [1.807, 2.05) is 0 Å². The zero-order valence-corrected chi connectivity index (χ0v) is 9.64. The molecule has 0 spiro atoms. The zero-order chi connectivity index (χ0) is 11.7. The van der Waals surface area contributed by atoms with Crippen LogP contribution in [0.1, 0.15) is 17.3 Å². The third kappa shape index (κ3) is 2.28. The van der Waals surface area contributed by atoms with Gasteiger partial charge in [0.15, 0.2) is 0 Å². The molecule has 86 valence electrons. The van der Waals surface area contributed by atoms with Crippen molar-refractivity contribution in [1.82, 2.24) is 10.6 Å². The van der Waals surface area contributed by atoms with Crippen LogP contribution >= 0.6 is 22.9 Å². The van der Waals surface area contributed by atoms with Gasteiger partial charge in [0.1, 0.15) is 0 Å². The van der Waals surface area contributed by atoms with E-state index in [9.17, 15) is 9.59 Å². The maximum Gasteiger partial charge on any atom is 0.404 e. The smallest absolute Gasteiger partial charge is 0.404 e. The summed E-state index contributed by atoms with van der Waals surface area (Å²) in [5, 5.41) is 13.7. The van der Waals surface area contributed by atoms with Gasteiger partial charge in [-0.05, 0) is 12.1 Å². The molecular formula is C9H9ClN2O3S. The molecule has 2 atom stereocenters. The molecule has 1 fully saturated rings. The highest BCUT2D eigenvalue weighted by Crippen LogP contribution is 2.32. The first-order valence-electron chi connectivity index (χ1n) is 4.60. The van der Waals surface area contributed by atoms with Crippen molar-refractivity contribution in [3.8, 4) is 0 Å². The highest BCUT2D eigenvalue weighted by atomic mass is 35.5. The standard InChI is InChI=1S/C9H9ClN2O3S/c10-6-2-1-5(16-6)8-4(11-9(14)15)3-7(13)12-8/h1-2,4,8,11H,3H2,(H,12,13)(H,14,15). The Kier molecular flexibility index (Phi) is 3.02. The molecule has 1 aliphatic rings. The van der Waals surface area contributed by atoms with Crippen molar-refractivity contribution in [3.05, 3.63) is 21.3 Å². The van der Waals surface area contributed by atoms with Crippen LogP contribution in [0.25, 0.3) is 0 Å². The van der Waals surface area contributed by atoms with E-state index in [0.29, 0.717) is 4.34 Å². The Morgan fingerprint density at radius 1 is 1.62 bits per heavy atom. The number of nitrogens with one attached hydrogen (secondary N) is 2. The van der Waals surface area contributed by atoms with E-state index in [1.165, 1.54) is 11.3 Å². The quantitative estimate of drug-likeness (QED) is 0.756. The number of amides is 2. The van der Waals surface area contributed by atoms with Gasteiger partial charge >= 0.3 is 6.09 Å². The van der Waals surface area contributed by atoms with Crippen LogP contribution in [0.2, 0.25) is 4.34 Å². The lowest BCUT2D eigenvalue weighted by molar-refractivity contribution is -0.119. The molecule has 5 nitrogen and oxygen atoms in total. The van der Waals surface area contributed by atoms with Crippen molar-refractivity contribution in [2.24, 2.45) is 0 Å². The molecule has 0 aliphatic carbocycles. The minimum absolute atomic E-state index is 0.159. The molecule has 1 aromatic rings. The Hall–Kier alpha value is -1.27. The fourth-order valence-corrected chi connectivity index (χ4v) is 2.89. The number of hydrogen-bond acceptors (Lipinski definition) is 3. The van der Waals surface area contributed by atoms with E-state index in [4.69, 9.17) is 16.7 Å². The van der Waals surface area contributed by atoms with E-state index in [-0.39, 0.29) is 18.4 Å². The summed E-state index contributed by atoms with van der Waals surface area (Å²) in [6.45, 7) is 0. The lowest BCUT2D eigenvalue weighted by Crippen LogP contribution is -2.37. The third-order valence-electron chi connectivity index (χ3n) is 2.33. The molecule has 2 unspecified atom stereocenters. The average Bonchev–Trinajstić information content (AvgIpc) is 2.72. The summed E-state index contributed by atoms with van der Waals surface area (Å²) < 4.78 is 0.616. The molecule has 0 aromatic carbocycles. The van der Waals surface area contributed by atoms with Gasteiger partial charge < -0.3 is 15.7 Å². The second-order valence-corrected chi connectivity index (χ2v) is 5.19. The van der Waals surface area contributed by atoms with Gasteiger partial charge in [-0.3, -0.25) is 4.79 Å². The summed E-state index contributed by atoms with van der Waals surface area (Å²) in [7, 11) is 0. The Morgan fingerprint density at radius 2 is 2.38 bits per heavy atom. The summed E-state index contributed by atoms with van der Waals surface area (Å²) in [5.74, 6) is -0.159. The predicted molar refractivity (Wildman–Crippen MR) is 59.8 cm³/mol. The molecule has 2 rings (SSSR count). The Morgan fingerprint density at radius 3 is 2.94 bits per heavy atom. The Labute approximate surface area is 100 Å². The minimum Gasteiger partial charge on any atom is -0.465 e. The first-order chi connectivity index (χ1) is 7.56. The van der Waals surface area contributed by atoms with Crippen molar-refractivity contribution >= 4 is 34.9 Å². The molecule has 2 heterocycles. The van der Waals surface area contributed by atoms with E-state index < -0.39 is 12.1 Å². The second-order valence-electron chi connectivity index (χ2n) is 3.45. The molecule has 0 bridgehead atoms. The Bertz CT molecular complexity index is 434. The second kappa shape index (κ2) is 4.31. The van der Waals surface area contributed by atoms with Gasteiger partial charge in [0.25, 0.3) is 0 Å². The molecular weight excluding hydrogens is 252 g/mol. The fourth-order valence-electron chi connectivity index (χ4n) is 1.71. The number of halogens is 1. The van der Waals surface area contributed by atoms with Gasteiger partial charge in [0.05, 0.1) is 16.4 Å². The van der Waals surface area contributed by atoms with Crippen LogP contribution in [0.15, 0.2) is 12.1 Å². The summed E-state index contributed by atoms with van der Waals surface area (Å²) in [6.07, 6.45) is -0.971. The van der Waals surface area contributed by atoms with Gasteiger partial charge in [-0.25, -0.2) is 4.79 Å². The lowest BCUT2D eigenvalue weighted by atomic mass is 10.1. The molecule has 16 heavy (non-hydrogen) atoms. The maximum atomic E-state index is 11.3. The van der Waals surface area contributed by atoms with Gasteiger partial charge in [-0.2, -0.15) is 0 Å². The summed E-state index contributed by atoms with van der Waals surface area (Å²) in [6, 6.07) is 2.77. The van der Waals surface area contributed by atoms with Crippen LogP contribution < -0.4 is 10.6 Å². The van der Waals surface area contributed by atoms with Crippen molar-refractivity contribution in [1.29, 1.82) is 0 Å². The summed E-state index contributed by atoms with van der Waals surface area (Å²) in [4.78, 5) is 22.7. The van der Waals surface area contributed by atoms with Crippen molar-refractivity contribution < 1.29 is 14.7 Å². The van der Waals surface area contributed by atoms with Gasteiger partial charge in [-0.1, -0.05) is 11.6 Å². The maximum absolute atomic E-state index is 11.3. The number of thiophene rings is 1. The van der Waals surface area contributed by atoms with E-state index in [2.05, 4.69) is 10.6 Å². The molecule has 0 saturated carbocycles. The van der Waals surface area contributed by atoms with Crippen molar-refractivity contribution in [2.75, 3.05) is 0 Å². The van der Waals surface area contributed by atoms with Gasteiger partial charge in [0, 0.05) is 11.3 Å². The van der Waals surface area contributed by atoms with Crippen LogP contribution in [0, 0.1) is 0 Å². The minimum atomic E-state index is -1.13. The molecule has 1 aromatic heterocycles. The van der Waals surface area contributed by atoms with E-state index >= 15 is 0 Å². The summed E-state index contributed by atoms with van der Waals surface area (Å²) >= 11 is 7.13. The molecule has 2 amide bonds. The number of carbonyl (C=O) groups is 2. The van der Waals surface area contributed by atoms with Crippen LogP contribution in [-0.4, -0.2) is 23.1 Å². The molecule has 3 N–H and O–H groups in total. The van der Waals surface area contributed by atoms with Crippen molar-refractivity contribution in [2.45, 2.75) is 18.5 Å². The number of hydrogen-bond donors (Lipinski definition) is 3. The van der Waals surface area contributed by atoms with E-state index in [1.54, 1.807) is 12.1 Å². The highest BCUT2D eigenvalue weighted by Gasteiger charge is 2.35. The Balaban J connectivity index is 2.18. The van der Waals surface area contributed by atoms with Crippen LogP contribution in [0.4, 0.5) is 4.79 Å². The molecule has 1 saturated heterocycles. The zero-order valence-electron chi connectivity index (χ0n) is 8.07. The number of carboxylic acid groups (broad SMARTS) is 1. The first-order valence-corrected chi connectivity index (χ1v) is 5.80. The molecule has 1 aliphatic heterocycles. The van der Waals surface area contributed by atoms with E-state index in [0.717, 1.165) is 4.88 Å². The van der Waals surface area contributed by atoms with Crippen LogP contribution in [0.5, 0.6) is 0 Å². The fraction of sp³-hybridized carbons (Fsp3) is 0.333. The SMILES string of the molecule is O=C(O)NC1CC(=O)NC1c1ccc(Cl)s1. The highest BCUT2D eigenvalue weighted by molar-refractivity contribution is 7.16. The summed E-state index contributed by atoms with van der Waals surface area (Å²) in [5.41, 5.74) is 0. The van der Waals surface area contributed by atoms with Gasteiger partial charge in [0.2, 0.25) is 5.91 Å². The normalized spacial score (nSPS) is 24.2. The first kappa shape index (κ1) is 11.2.